The zero-order valence-corrected chi connectivity index (χ0v) is 16.7. The Kier molecular flexibility index (Phi) is 6.29. The van der Waals surface area contributed by atoms with Crippen LogP contribution in [-0.2, 0) is 0 Å². The first-order chi connectivity index (χ1) is 14.0. The number of hydrogen-bond donors (Lipinski definition) is 2. The number of aromatic nitrogens is 2. The van der Waals surface area contributed by atoms with E-state index in [1.165, 1.54) is 0 Å². The van der Waals surface area contributed by atoms with Crippen molar-refractivity contribution < 1.29 is 14.3 Å². The van der Waals surface area contributed by atoms with E-state index in [1.54, 1.807) is 42.3 Å². The molecular formula is C22H24N4O3. The lowest BCUT2D eigenvalue weighted by Crippen LogP contribution is -2.34. The Morgan fingerprint density at radius 1 is 0.966 bits per heavy atom. The Hall–Kier alpha value is -3.61. The molecule has 0 atom stereocenters. The van der Waals surface area contributed by atoms with Crippen molar-refractivity contribution in [3.05, 3.63) is 77.1 Å². The van der Waals surface area contributed by atoms with Crippen LogP contribution in [0.5, 0.6) is 5.75 Å². The standard InChI is InChI=1S/C22H24N4O3/c1-15-6-4-5-7-20(15)26-16(2)19(14-25-26)22(28)24-13-12-23-21(27)17-8-10-18(29-3)11-9-17/h4-11,14H,12-13H2,1-3H3,(H,23,27)(H,24,28). The maximum Gasteiger partial charge on any atom is 0.254 e. The topological polar surface area (TPSA) is 85.2 Å². The summed E-state index contributed by atoms with van der Waals surface area (Å²) in [4.78, 5) is 24.6. The molecule has 7 nitrogen and oxygen atoms in total. The Labute approximate surface area is 169 Å². The SMILES string of the molecule is COc1ccc(C(=O)NCCNC(=O)c2cnn(-c3ccccc3C)c2C)cc1. The Bertz CT molecular complexity index is 1010. The molecule has 0 bridgehead atoms. The average molecular weight is 392 g/mol. The summed E-state index contributed by atoms with van der Waals surface area (Å²) in [5.74, 6) is 0.266. The first-order valence-electron chi connectivity index (χ1n) is 9.32. The van der Waals surface area contributed by atoms with Crippen LogP contribution in [0.1, 0.15) is 32.0 Å². The summed E-state index contributed by atoms with van der Waals surface area (Å²) >= 11 is 0. The molecule has 0 aliphatic carbocycles. The summed E-state index contributed by atoms with van der Waals surface area (Å²) in [7, 11) is 1.57. The molecule has 7 heteroatoms. The number of carbonyl (C=O) groups is 2. The van der Waals surface area contributed by atoms with Gasteiger partial charge < -0.3 is 15.4 Å². The molecule has 1 heterocycles. The molecule has 150 valence electrons. The van der Waals surface area contributed by atoms with Crippen LogP contribution in [0.4, 0.5) is 0 Å². The molecule has 1 aromatic heterocycles. The van der Waals surface area contributed by atoms with Crippen molar-refractivity contribution in [1.29, 1.82) is 0 Å². The van der Waals surface area contributed by atoms with Gasteiger partial charge in [-0.3, -0.25) is 9.59 Å². The average Bonchev–Trinajstić information content (AvgIpc) is 3.12. The van der Waals surface area contributed by atoms with Gasteiger partial charge in [-0.1, -0.05) is 18.2 Å². The molecule has 3 rings (SSSR count). The van der Waals surface area contributed by atoms with E-state index in [4.69, 9.17) is 4.74 Å². The van der Waals surface area contributed by atoms with E-state index in [1.807, 2.05) is 38.1 Å². The minimum Gasteiger partial charge on any atom is -0.497 e. The number of nitrogens with one attached hydrogen (secondary N) is 2. The molecule has 29 heavy (non-hydrogen) atoms. The first kappa shape index (κ1) is 20.1. The zero-order valence-electron chi connectivity index (χ0n) is 16.7. The van der Waals surface area contributed by atoms with E-state index in [2.05, 4.69) is 15.7 Å². The van der Waals surface area contributed by atoms with Crippen LogP contribution < -0.4 is 15.4 Å². The number of benzene rings is 2. The maximum atomic E-state index is 12.5. The Balaban J connectivity index is 1.53. The minimum absolute atomic E-state index is 0.203. The van der Waals surface area contributed by atoms with Crippen LogP contribution in [0.3, 0.4) is 0 Å². The molecule has 0 spiro atoms. The van der Waals surface area contributed by atoms with Crippen molar-refractivity contribution in [2.24, 2.45) is 0 Å². The van der Waals surface area contributed by atoms with Gasteiger partial charge in [0, 0.05) is 18.7 Å². The fourth-order valence-electron chi connectivity index (χ4n) is 2.97. The number of amides is 2. The Morgan fingerprint density at radius 3 is 2.28 bits per heavy atom. The molecule has 2 N–H and O–H groups in total. The molecule has 0 saturated heterocycles. The first-order valence-corrected chi connectivity index (χ1v) is 9.32. The van der Waals surface area contributed by atoms with Gasteiger partial charge in [0.25, 0.3) is 11.8 Å². The number of hydrogen-bond acceptors (Lipinski definition) is 4. The Morgan fingerprint density at radius 2 is 1.62 bits per heavy atom. The summed E-state index contributed by atoms with van der Waals surface area (Å²) in [6.07, 6.45) is 1.56. The largest absolute Gasteiger partial charge is 0.497 e. The van der Waals surface area contributed by atoms with Crippen LogP contribution in [0.25, 0.3) is 5.69 Å². The number of ether oxygens (including phenoxy) is 1. The van der Waals surface area contributed by atoms with Gasteiger partial charge >= 0.3 is 0 Å². The van der Waals surface area contributed by atoms with Crippen LogP contribution in [0.2, 0.25) is 0 Å². The molecule has 3 aromatic rings. The molecule has 2 aromatic carbocycles. The van der Waals surface area contributed by atoms with Crippen LogP contribution >= 0.6 is 0 Å². The molecule has 2 amide bonds. The molecule has 0 saturated carbocycles. The highest BCUT2D eigenvalue weighted by molar-refractivity contribution is 5.95. The lowest BCUT2D eigenvalue weighted by molar-refractivity contribution is 0.0927. The van der Waals surface area contributed by atoms with Gasteiger partial charge in [-0.2, -0.15) is 5.10 Å². The van der Waals surface area contributed by atoms with E-state index >= 15 is 0 Å². The molecule has 0 aliphatic heterocycles. The number of carbonyl (C=O) groups excluding carboxylic acids is 2. The van der Waals surface area contributed by atoms with Gasteiger partial charge in [0.05, 0.1) is 30.3 Å². The van der Waals surface area contributed by atoms with E-state index in [9.17, 15) is 9.59 Å². The minimum atomic E-state index is -0.221. The van der Waals surface area contributed by atoms with Gasteiger partial charge in [-0.25, -0.2) is 4.68 Å². The molecule has 0 radical (unpaired) electrons. The number of rotatable bonds is 7. The van der Waals surface area contributed by atoms with Gasteiger partial charge in [-0.15, -0.1) is 0 Å². The normalized spacial score (nSPS) is 10.4. The summed E-state index contributed by atoms with van der Waals surface area (Å²) in [6.45, 7) is 4.50. The van der Waals surface area contributed by atoms with Gasteiger partial charge in [0.15, 0.2) is 0 Å². The highest BCUT2D eigenvalue weighted by Crippen LogP contribution is 2.17. The second-order valence-electron chi connectivity index (χ2n) is 6.58. The summed E-state index contributed by atoms with van der Waals surface area (Å²) in [5.41, 5.74) is 3.82. The molecule has 0 unspecified atom stereocenters. The van der Waals surface area contributed by atoms with E-state index in [0.29, 0.717) is 30.0 Å². The van der Waals surface area contributed by atoms with Crippen molar-refractivity contribution in [3.63, 3.8) is 0 Å². The van der Waals surface area contributed by atoms with Crippen molar-refractivity contribution in [2.45, 2.75) is 13.8 Å². The van der Waals surface area contributed by atoms with Crippen LogP contribution in [0.15, 0.2) is 54.7 Å². The maximum absolute atomic E-state index is 12.5. The van der Waals surface area contributed by atoms with E-state index < -0.39 is 0 Å². The van der Waals surface area contributed by atoms with Crippen molar-refractivity contribution in [2.75, 3.05) is 20.2 Å². The van der Waals surface area contributed by atoms with Gasteiger partial charge in [0.2, 0.25) is 0 Å². The third kappa shape index (κ3) is 4.63. The molecule has 0 fully saturated rings. The van der Waals surface area contributed by atoms with Crippen molar-refractivity contribution >= 4 is 11.8 Å². The van der Waals surface area contributed by atoms with E-state index in [-0.39, 0.29) is 11.8 Å². The van der Waals surface area contributed by atoms with Crippen LogP contribution in [0, 0.1) is 13.8 Å². The van der Waals surface area contributed by atoms with Gasteiger partial charge in [-0.05, 0) is 49.7 Å². The van der Waals surface area contributed by atoms with Crippen molar-refractivity contribution in [1.82, 2.24) is 20.4 Å². The molecule has 0 aliphatic rings. The predicted octanol–water partition coefficient (Wildman–Crippen LogP) is 2.66. The lowest BCUT2D eigenvalue weighted by atomic mass is 10.2. The highest BCUT2D eigenvalue weighted by atomic mass is 16.5. The van der Waals surface area contributed by atoms with Crippen LogP contribution in [-0.4, -0.2) is 41.8 Å². The second kappa shape index (κ2) is 9.05. The summed E-state index contributed by atoms with van der Waals surface area (Å²) < 4.78 is 6.84. The highest BCUT2D eigenvalue weighted by Gasteiger charge is 2.15. The fraction of sp³-hybridized carbons (Fsp3) is 0.227. The predicted molar refractivity (Wildman–Crippen MR) is 111 cm³/mol. The quantitative estimate of drug-likeness (QED) is 0.606. The number of para-hydroxylation sites is 1. The number of methoxy groups -OCH3 is 1. The molecular weight excluding hydrogens is 368 g/mol. The third-order valence-corrected chi connectivity index (χ3v) is 4.65. The third-order valence-electron chi connectivity index (χ3n) is 4.65. The fourth-order valence-corrected chi connectivity index (χ4v) is 2.97. The smallest absolute Gasteiger partial charge is 0.254 e. The second-order valence-corrected chi connectivity index (χ2v) is 6.58. The number of aryl methyl sites for hydroxylation is 1. The summed E-state index contributed by atoms with van der Waals surface area (Å²) in [6, 6.07) is 14.7. The monoisotopic (exact) mass is 392 g/mol. The summed E-state index contributed by atoms with van der Waals surface area (Å²) in [5, 5.41) is 9.95. The zero-order chi connectivity index (χ0) is 20.8. The van der Waals surface area contributed by atoms with Gasteiger partial charge in [0.1, 0.15) is 5.75 Å². The lowest BCUT2D eigenvalue weighted by Gasteiger charge is -2.09. The van der Waals surface area contributed by atoms with E-state index in [0.717, 1.165) is 16.9 Å². The van der Waals surface area contributed by atoms with Crippen molar-refractivity contribution in [3.8, 4) is 11.4 Å². The number of nitrogens with zero attached hydrogens (tertiary/aromatic N) is 2.